The number of alkyl halides is 2. The molecule has 1 saturated heterocycles. The molecule has 104 valence electrons. The zero-order valence-electron chi connectivity index (χ0n) is 11.3. The number of hydrogen-bond donors (Lipinski definition) is 0. The molecular weight excluding hydrogens is 236 g/mol. The molecule has 2 aliphatic rings. The Hall–Kier alpha value is -0.510. The van der Waals surface area contributed by atoms with Gasteiger partial charge in [0.1, 0.15) is 5.78 Å². The van der Waals surface area contributed by atoms with Crippen LogP contribution >= 0.6 is 0 Å². The lowest BCUT2D eigenvalue weighted by atomic mass is 9.75. The molecule has 1 aliphatic carbocycles. The second-order valence-corrected chi connectivity index (χ2v) is 6.20. The maximum absolute atomic E-state index is 12.7. The van der Waals surface area contributed by atoms with E-state index in [2.05, 4.69) is 18.7 Å². The average molecular weight is 259 g/mol. The molecule has 0 radical (unpaired) electrons. The van der Waals surface area contributed by atoms with Crippen LogP contribution in [0.5, 0.6) is 0 Å². The van der Waals surface area contributed by atoms with Gasteiger partial charge in [0.05, 0.1) is 0 Å². The van der Waals surface area contributed by atoms with Gasteiger partial charge in [-0.1, -0.05) is 0 Å². The Bertz CT molecular complexity index is 301. The molecule has 0 aromatic carbocycles. The fourth-order valence-electron chi connectivity index (χ4n) is 3.12. The summed E-state index contributed by atoms with van der Waals surface area (Å²) in [4.78, 5) is 14.4. The van der Waals surface area contributed by atoms with E-state index in [0.29, 0.717) is 12.5 Å². The van der Waals surface area contributed by atoms with Gasteiger partial charge in [-0.15, -0.1) is 0 Å². The SMILES string of the molecule is CC(C)N1CCC(C(=O)CC2CC(F)(F)C2)CC1. The number of halogens is 2. The van der Waals surface area contributed by atoms with Gasteiger partial charge in [0.15, 0.2) is 0 Å². The Balaban J connectivity index is 1.72. The minimum Gasteiger partial charge on any atom is -0.301 e. The molecule has 0 unspecified atom stereocenters. The van der Waals surface area contributed by atoms with Crippen LogP contribution in [-0.2, 0) is 4.79 Å². The molecule has 0 N–H and O–H groups in total. The molecule has 0 amide bonds. The third-order valence-corrected chi connectivity index (χ3v) is 4.38. The molecule has 0 aromatic rings. The van der Waals surface area contributed by atoms with Gasteiger partial charge in [-0.05, 0) is 45.7 Å². The molecule has 1 aliphatic heterocycles. The van der Waals surface area contributed by atoms with Crippen molar-refractivity contribution < 1.29 is 13.6 Å². The Labute approximate surface area is 108 Å². The fraction of sp³-hybridized carbons (Fsp3) is 0.929. The number of hydrogen-bond acceptors (Lipinski definition) is 2. The normalized spacial score (nSPS) is 26.3. The molecule has 18 heavy (non-hydrogen) atoms. The molecule has 0 spiro atoms. The highest BCUT2D eigenvalue weighted by atomic mass is 19.3. The van der Waals surface area contributed by atoms with Gasteiger partial charge in [0.25, 0.3) is 0 Å². The molecule has 1 heterocycles. The van der Waals surface area contributed by atoms with Crippen LogP contribution in [0.1, 0.15) is 46.0 Å². The summed E-state index contributed by atoms with van der Waals surface area (Å²) in [7, 11) is 0. The third kappa shape index (κ3) is 3.28. The predicted octanol–water partition coefficient (Wildman–Crippen LogP) is 3.11. The van der Waals surface area contributed by atoms with Crippen molar-refractivity contribution in [3.63, 3.8) is 0 Å². The van der Waals surface area contributed by atoms with E-state index >= 15 is 0 Å². The van der Waals surface area contributed by atoms with Gasteiger partial charge in [-0.2, -0.15) is 0 Å². The largest absolute Gasteiger partial charge is 0.301 e. The number of likely N-dealkylation sites (tertiary alicyclic amines) is 1. The highest BCUT2D eigenvalue weighted by Crippen LogP contribution is 2.44. The van der Waals surface area contributed by atoms with E-state index < -0.39 is 5.92 Å². The summed E-state index contributed by atoms with van der Waals surface area (Å²) in [6.45, 7) is 6.26. The number of ketones is 1. The van der Waals surface area contributed by atoms with E-state index in [4.69, 9.17) is 0 Å². The van der Waals surface area contributed by atoms with Crippen LogP contribution in [0.15, 0.2) is 0 Å². The molecule has 2 nitrogen and oxygen atoms in total. The van der Waals surface area contributed by atoms with Gasteiger partial charge in [-0.25, -0.2) is 8.78 Å². The van der Waals surface area contributed by atoms with Crippen molar-refractivity contribution in [2.45, 2.75) is 57.9 Å². The number of rotatable bonds is 4. The predicted molar refractivity (Wildman–Crippen MR) is 66.7 cm³/mol. The molecule has 2 rings (SSSR count). The summed E-state index contributed by atoms with van der Waals surface area (Å²) in [5, 5.41) is 0. The first-order valence-electron chi connectivity index (χ1n) is 7.02. The zero-order chi connectivity index (χ0) is 13.3. The van der Waals surface area contributed by atoms with E-state index in [-0.39, 0.29) is 30.5 Å². The van der Waals surface area contributed by atoms with Crippen LogP contribution in [0.3, 0.4) is 0 Å². The van der Waals surface area contributed by atoms with Crippen molar-refractivity contribution in [2.75, 3.05) is 13.1 Å². The van der Waals surface area contributed by atoms with Crippen LogP contribution in [0.2, 0.25) is 0 Å². The van der Waals surface area contributed by atoms with Crippen molar-refractivity contribution >= 4 is 5.78 Å². The fourth-order valence-corrected chi connectivity index (χ4v) is 3.12. The van der Waals surface area contributed by atoms with Crippen LogP contribution in [0.4, 0.5) is 8.78 Å². The first-order valence-corrected chi connectivity index (χ1v) is 7.02. The van der Waals surface area contributed by atoms with Crippen LogP contribution in [0, 0.1) is 11.8 Å². The van der Waals surface area contributed by atoms with E-state index in [1.54, 1.807) is 0 Å². The Morgan fingerprint density at radius 1 is 1.28 bits per heavy atom. The van der Waals surface area contributed by atoms with Crippen molar-refractivity contribution in [3.8, 4) is 0 Å². The zero-order valence-corrected chi connectivity index (χ0v) is 11.3. The van der Waals surface area contributed by atoms with Gasteiger partial charge >= 0.3 is 0 Å². The van der Waals surface area contributed by atoms with Crippen molar-refractivity contribution in [1.29, 1.82) is 0 Å². The number of piperidine rings is 1. The van der Waals surface area contributed by atoms with Crippen molar-refractivity contribution in [1.82, 2.24) is 4.90 Å². The van der Waals surface area contributed by atoms with E-state index in [1.165, 1.54) is 0 Å². The summed E-state index contributed by atoms with van der Waals surface area (Å²) in [6, 6.07) is 0.534. The Morgan fingerprint density at radius 3 is 2.28 bits per heavy atom. The average Bonchev–Trinajstić information content (AvgIpc) is 2.26. The lowest BCUT2D eigenvalue weighted by molar-refractivity contribution is -0.136. The van der Waals surface area contributed by atoms with E-state index in [0.717, 1.165) is 25.9 Å². The lowest BCUT2D eigenvalue weighted by Gasteiger charge is -2.37. The van der Waals surface area contributed by atoms with Crippen molar-refractivity contribution in [3.05, 3.63) is 0 Å². The molecule has 0 atom stereocenters. The maximum atomic E-state index is 12.7. The summed E-state index contributed by atoms with van der Waals surface area (Å²) >= 11 is 0. The second kappa shape index (κ2) is 5.24. The number of carbonyl (C=O) groups excluding carboxylic acids is 1. The number of carbonyl (C=O) groups is 1. The molecular formula is C14H23F2NO. The summed E-state index contributed by atoms with van der Waals surface area (Å²) < 4.78 is 25.4. The highest BCUT2D eigenvalue weighted by Gasteiger charge is 2.46. The standard InChI is InChI=1S/C14H23F2NO/c1-10(2)17-5-3-12(4-6-17)13(18)7-11-8-14(15,16)9-11/h10-12H,3-9H2,1-2H3. The Morgan fingerprint density at radius 2 is 1.83 bits per heavy atom. The van der Waals surface area contributed by atoms with Crippen LogP contribution in [0.25, 0.3) is 0 Å². The summed E-state index contributed by atoms with van der Waals surface area (Å²) in [6.07, 6.45) is 2.02. The topological polar surface area (TPSA) is 20.3 Å². The van der Waals surface area contributed by atoms with Gasteiger partial charge in [-0.3, -0.25) is 4.79 Å². The van der Waals surface area contributed by atoms with Gasteiger partial charge in [0.2, 0.25) is 5.92 Å². The monoisotopic (exact) mass is 259 g/mol. The van der Waals surface area contributed by atoms with E-state index in [1.807, 2.05) is 0 Å². The Kier molecular flexibility index (Phi) is 4.05. The van der Waals surface area contributed by atoms with Gasteiger partial charge < -0.3 is 4.90 Å². The second-order valence-electron chi connectivity index (χ2n) is 6.20. The molecule has 4 heteroatoms. The quantitative estimate of drug-likeness (QED) is 0.773. The lowest BCUT2D eigenvalue weighted by Crippen LogP contribution is -2.42. The number of Topliss-reactive ketones (excluding diaryl/α,β-unsaturated/α-hetero) is 1. The highest BCUT2D eigenvalue weighted by molar-refractivity contribution is 5.81. The minimum absolute atomic E-state index is 0.0596. The van der Waals surface area contributed by atoms with Crippen LogP contribution in [-0.4, -0.2) is 35.7 Å². The first-order chi connectivity index (χ1) is 8.37. The molecule has 0 aromatic heterocycles. The first kappa shape index (κ1) is 13.9. The number of nitrogens with zero attached hydrogens (tertiary/aromatic N) is 1. The smallest absolute Gasteiger partial charge is 0.248 e. The summed E-state index contributed by atoms with van der Waals surface area (Å²) in [5.41, 5.74) is 0. The van der Waals surface area contributed by atoms with E-state index in [9.17, 15) is 13.6 Å². The maximum Gasteiger partial charge on any atom is 0.248 e. The third-order valence-electron chi connectivity index (χ3n) is 4.38. The van der Waals surface area contributed by atoms with Crippen molar-refractivity contribution in [2.24, 2.45) is 11.8 Å². The molecule has 1 saturated carbocycles. The minimum atomic E-state index is -2.49. The molecule has 2 fully saturated rings. The van der Waals surface area contributed by atoms with Gasteiger partial charge in [0, 0.05) is 31.2 Å². The van der Waals surface area contributed by atoms with Crippen LogP contribution < -0.4 is 0 Å². The summed E-state index contributed by atoms with van der Waals surface area (Å²) in [5.74, 6) is -2.21. The molecule has 0 bridgehead atoms.